The van der Waals surface area contributed by atoms with Crippen LogP contribution in [0.5, 0.6) is 0 Å². The third-order valence-electron chi connectivity index (χ3n) is 2.15. The summed E-state index contributed by atoms with van der Waals surface area (Å²) >= 11 is 1.88. The minimum atomic E-state index is -0.482. The SMILES string of the molecule is COCCNC(=O)C(C)Nc1nc[nH]c(=O)c1I. The third-order valence-corrected chi connectivity index (χ3v) is 3.15. The van der Waals surface area contributed by atoms with E-state index in [1.807, 2.05) is 22.6 Å². The summed E-state index contributed by atoms with van der Waals surface area (Å²) in [6, 6.07) is -0.482. The van der Waals surface area contributed by atoms with Gasteiger partial charge in [-0.3, -0.25) is 9.59 Å². The van der Waals surface area contributed by atoms with Gasteiger partial charge in [0.1, 0.15) is 15.4 Å². The summed E-state index contributed by atoms with van der Waals surface area (Å²) in [7, 11) is 1.57. The van der Waals surface area contributed by atoms with E-state index in [0.29, 0.717) is 22.5 Å². The highest BCUT2D eigenvalue weighted by atomic mass is 127. The maximum Gasteiger partial charge on any atom is 0.266 e. The van der Waals surface area contributed by atoms with Gasteiger partial charge in [-0.1, -0.05) is 0 Å². The van der Waals surface area contributed by atoms with Crippen molar-refractivity contribution >= 4 is 34.3 Å². The van der Waals surface area contributed by atoms with Crippen molar-refractivity contribution in [2.75, 3.05) is 25.6 Å². The topological polar surface area (TPSA) is 96.1 Å². The molecule has 8 heteroatoms. The lowest BCUT2D eigenvalue weighted by molar-refractivity contribution is -0.121. The predicted octanol–water partition coefficient (Wildman–Crippen LogP) is -0.0625. The second-order valence-corrected chi connectivity index (χ2v) is 4.62. The molecule has 1 aromatic rings. The van der Waals surface area contributed by atoms with Crippen LogP contribution in [-0.2, 0) is 9.53 Å². The fraction of sp³-hybridized carbons (Fsp3) is 0.500. The van der Waals surface area contributed by atoms with Crippen LogP contribution in [0.15, 0.2) is 11.1 Å². The first-order chi connectivity index (χ1) is 8.56. The lowest BCUT2D eigenvalue weighted by Crippen LogP contribution is -2.39. The first-order valence-electron chi connectivity index (χ1n) is 5.32. The number of carbonyl (C=O) groups is 1. The number of nitrogens with zero attached hydrogens (tertiary/aromatic N) is 1. The Bertz CT molecular complexity index is 463. The molecule has 3 N–H and O–H groups in total. The number of aromatic amines is 1. The highest BCUT2D eigenvalue weighted by Gasteiger charge is 2.14. The van der Waals surface area contributed by atoms with Gasteiger partial charge in [0.15, 0.2) is 0 Å². The predicted molar refractivity (Wildman–Crippen MR) is 75.5 cm³/mol. The van der Waals surface area contributed by atoms with Crippen molar-refractivity contribution in [2.45, 2.75) is 13.0 Å². The van der Waals surface area contributed by atoms with Crippen LogP contribution in [0.4, 0.5) is 5.82 Å². The molecular weight excluding hydrogens is 351 g/mol. The summed E-state index contributed by atoms with van der Waals surface area (Å²) < 4.78 is 5.25. The molecular formula is C10H15IN4O3. The molecule has 0 fully saturated rings. The molecule has 0 aliphatic heterocycles. The number of nitrogens with one attached hydrogen (secondary N) is 3. The van der Waals surface area contributed by atoms with Crippen LogP contribution in [-0.4, -0.2) is 42.2 Å². The minimum Gasteiger partial charge on any atom is -0.383 e. The number of carbonyl (C=O) groups excluding carboxylic acids is 1. The molecule has 18 heavy (non-hydrogen) atoms. The molecule has 1 aromatic heterocycles. The summed E-state index contributed by atoms with van der Waals surface area (Å²) in [6.45, 7) is 2.60. The third kappa shape index (κ3) is 4.26. The molecule has 1 rings (SSSR count). The normalized spacial score (nSPS) is 11.9. The Labute approximate surface area is 118 Å². The highest BCUT2D eigenvalue weighted by Crippen LogP contribution is 2.09. The van der Waals surface area contributed by atoms with Crippen molar-refractivity contribution in [1.29, 1.82) is 0 Å². The van der Waals surface area contributed by atoms with E-state index in [4.69, 9.17) is 4.74 Å². The summed E-state index contributed by atoms with van der Waals surface area (Å²) in [5, 5.41) is 5.58. The zero-order valence-electron chi connectivity index (χ0n) is 10.1. The van der Waals surface area contributed by atoms with Crippen LogP contribution in [0.1, 0.15) is 6.92 Å². The largest absolute Gasteiger partial charge is 0.383 e. The fourth-order valence-electron chi connectivity index (χ4n) is 1.18. The Kier molecular flexibility index (Phi) is 6.05. The molecule has 1 amide bonds. The number of hydrogen-bond acceptors (Lipinski definition) is 5. The van der Waals surface area contributed by atoms with Crippen LogP contribution in [0, 0.1) is 3.57 Å². The fourth-order valence-corrected chi connectivity index (χ4v) is 1.63. The van der Waals surface area contributed by atoms with Crippen LogP contribution in [0.25, 0.3) is 0 Å². The quantitative estimate of drug-likeness (QED) is 0.484. The Balaban J connectivity index is 2.58. The second-order valence-electron chi connectivity index (χ2n) is 3.54. The summed E-state index contributed by atoms with van der Waals surface area (Å²) in [5.74, 6) is 0.221. The minimum absolute atomic E-state index is 0.176. The molecule has 100 valence electrons. The van der Waals surface area contributed by atoms with E-state index in [2.05, 4.69) is 20.6 Å². The van der Waals surface area contributed by atoms with Gasteiger partial charge in [0, 0.05) is 13.7 Å². The molecule has 7 nitrogen and oxygen atoms in total. The first-order valence-corrected chi connectivity index (χ1v) is 6.40. The number of anilines is 1. The van der Waals surface area contributed by atoms with Gasteiger partial charge in [0.25, 0.3) is 5.56 Å². The van der Waals surface area contributed by atoms with Gasteiger partial charge in [-0.25, -0.2) is 4.98 Å². The Hall–Kier alpha value is -1.16. The first kappa shape index (κ1) is 14.9. The van der Waals surface area contributed by atoms with Gasteiger partial charge in [-0.05, 0) is 29.5 Å². The Morgan fingerprint density at radius 3 is 3.06 bits per heavy atom. The number of hydrogen-bond donors (Lipinski definition) is 3. The van der Waals surface area contributed by atoms with E-state index < -0.39 is 6.04 Å². The van der Waals surface area contributed by atoms with E-state index in [1.54, 1.807) is 14.0 Å². The molecule has 1 atom stereocenters. The highest BCUT2D eigenvalue weighted by molar-refractivity contribution is 14.1. The molecule has 0 saturated heterocycles. The number of halogens is 1. The summed E-state index contributed by atoms with van der Waals surface area (Å²) in [4.78, 5) is 29.4. The number of amides is 1. The molecule has 0 bridgehead atoms. The van der Waals surface area contributed by atoms with Crippen molar-refractivity contribution in [3.8, 4) is 0 Å². The lowest BCUT2D eigenvalue weighted by atomic mass is 10.3. The molecule has 0 radical (unpaired) electrons. The Morgan fingerprint density at radius 1 is 1.67 bits per heavy atom. The molecule has 0 aliphatic carbocycles. The maximum atomic E-state index is 11.7. The summed E-state index contributed by atoms with van der Waals surface area (Å²) in [5.41, 5.74) is -0.236. The van der Waals surface area contributed by atoms with E-state index >= 15 is 0 Å². The number of rotatable bonds is 6. The van der Waals surface area contributed by atoms with Crippen LogP contribution in [0.2, 0.25) is 0 Å². The van der Waals surface area contributed by atoms with Crippen molar-refractivity contribution in [3.05, 3.63) is 20.3 Å². The zero-order valence-corrected chi connectivity index (χ0v) is 12.3. The molecule has 0 aliphatic rings. The number of ether oxygens (including phenoxy) is 1. The van der Waals surface area contributed by atoms with Crippen molar-refractivity contribution in [1.82, 2.24) is 15.3 Å². The smallest absolute Gasteiger partial charge is 0.266 e. The molecule has 0 aromatic carbocycles. The molecule has 1 unspecified atom stereocenters. The van der Waals surface area contributed by atoms with E-state index in [9.17, 15) is 9.59 Å². The van der Waals surface area contributed by atoms with Gasteiger partial charge >= 0.3 is 0 Å². The maximum absolute atomic E-state index is 11.7. The van der Waals surface area contributed by atoms with Crippen molar-refractivity contribution in [2.24, 2.45) is 0 Å². The van der Waals surface area contributed by atoms with Gasteiger partial charge in [0.05, 0.1) is 12.9 Å². The molecule has 1 heterocycles. The van der Waals surface area contributed by atoms with Crippen molar-refractivity contribution < 1.29 is 9.53 Å². The monoisotopic (exact) mass is 366 g/mol. The summed E-state index contributed by atoms with van der Waals surface area (Å²) in [6.07, 6.45) is 1.29. The number of aromatic nitrogens is 2. The Morgan fingerprint density at radius 2 is 2.39 bits per heavy atom. The van der Waals surface area contributed by atoms with Crippen LogP contribution >= 0.6 is 22.6 Å². The van der Waals surface area contributed by atoms with E-state index in [-0.39, 0.29) is 11.5 Å². The van der Waals surface area contributed by atoms with Gasteiger partial charge in [-0.2, -0.15) is 0 Å². The molecule has 0 saturated carbocycles. The zero-order chi connectivity index (χ0) is 13.5. The molecule has 0 spiro atoms. The average molecular weight is 366 g/mol. The number of H-pyrrole nitrogens is 1. The second kappa shape index (κ2) is 7.31. The standard InChI is InChI=1S/C10H15IN4O3/c1-6(9(16)12-3-4-18-2)15-8-7(11)10(17)14-5-13-8/h5-6H,3-4H2,1-2H3,(H,12,16)(H2,13,14,15,17). The van der Waals surface area contributed by atoms with Gasteiger partial charge in [-0.15, -0.1) is 0 Å². The van der Waals surface area contributed by atoms with Gasteiger partial charge < -0.3 is 20.4 Å². The van der Waals surface area contributed by atoms with Crippen LogP contribution in [0.3, 0.4) is 0 Å². The van der Waals surface area contributed by atoms with Crippen LogP contribution < -0.4 is 16.2 Å². The van der Waals surface area contributed by atoms with E-state index in [1.165, 1.54) is 6.33 Å². The lowest BCUT2D eigenvalue weighted by Gasteiger charge is -2.14. The van der Waals surface area contributed by atoms with Gasteiger partial charge in [0.2, 0.25) is 5.91 Å². The van der Waals surface area contributed by atoms with Crippen molar-refractivity contribution in [3.63, 3.8) is 0 Å². The number of methoxy groups -OCH3 is 1. The van der Waals surface area contributed by atoms with E-state index in [0.717, 1.165) is 0 Å². The average Bonchev–Trinajstić information content (AvgIpc) is 2.35.